The number of aryl methyl sites for hydroxylation is 1. The molecule has 33 heavy (non-hydrogen) atoms. The average Bonchev–Trinajstić information content (AvgIpc) is 3.16. The van der Waals surface area contributed by atoms with Crippen LogP contribution < -0.4 is 15.8 Å². The van der Waals surface area contributed by atoms with Gasteiger partial charge >= 0.3 is 0 Å². The van der Waals surface area contributed by atoms with Gasteiger partial charge in [-0.05, 0) is 57.6 Å². The Hall–Kier alpha value is -2.86. The highest BCUT2D eigenvalue weighted by Crippen LogP contribution is 2.45. The first kappa shape index (κ1) is 23.3. The molecule has 0 aliphatic carbocycles. The predicted molar refractivity (Wildman–Crippen MR) is 128 cm³/mol. The first-order chi connectivity index (χ1) is 15.8. The number of ether oxygens (including phenoxy) is 1. The molecule has 2 amide bonds. The summed E-state index contributed by atoms with van der Waals surface area (Å²) in [6, 6.07) is 18.0. The Morgan fingerprint density at radius 2 is 1.76 bits per heavy atom. The van der Waals surface area contributed by atoms with Gasteiger partial charge in [0.1, 0.15) is 11.8 Å². The van der Waals surface area contributed by atoms with Gasteiger partial charge in [-0.25, -0.2) is 0 Å². The zero-order valence-electron chi connectivity index (χ0n) is 19.8. The normalized spacial score (nSPS) is 17.8. The lowest BCUT2D eigenvalue weighted by Crippen LogP contribution is -2.76. The molecule has 0 bridgehead atoms. The monoisotopic (exact) mass is 450 g/mol. The van der Waals surface area contributed by atoms with Gasteiger partial charge in [0.15, 0.2) is 5.54 Å². The van der Waals surface area contributed by atoms with Crippen LogP contribution in [0.4, 0.5) is 0 Å². The van der Waals surface area contributed by atoms with E-state index in [1.807, 2.05) is 35.2 Å². The number of para-hydroxylation sites is 1. The van der Waals surface area contributed by atoms with Crippen LogP contribution in [0, 0.1) is 0 Å². The second-order valence-corrected chi connectivity index (χ2v) is 10.2. The predicted octanol–water partition coefficient (Wildman–Crippen LogP) is 2.47. The van der Waals surface area contributed by atoms with Crippen LogP contribution >= 0.6 is 0 Å². The molecule has 1 saturated heterocycles. The molecule has 0 saturated carbocycles. The zero-order chi connectivity index (χ0) is 23.5. The maximum Gasteiger partial charge on any atom is 0.281 e. The Balaban J connectivity index is 1.40. The Labute approximate surface area is 196 Å². The van der Waals surface area contributed by atoms with E-state index in [9.17, 15) is 9.59 Å². The molecule has 4 rings (SSSR count). The van der Waals surface area contributed by atoms with E-state index in [1.165, 1.54) is 11.1 Å². The summed E-state index contributed by atoms with van der Waals surface area (Å²) in [6.07, 6.45) is 4.08. The Kier molecular flexibility index (Phi) is 6.75. The Morgan fingerprint density at radius 3 is 2.45 bits per heavy atom. The van der Waals surface area contributed by atoms with Gasteiger partial charge in [-0.3, -0.25) is 9.59 Å². The lowest BCUT2D eigenvalue weighted by molar-refractivity contribution is -0.446. The molecule has 176 valence electrons. The number of nitrogens with zero attached hydrogens (tertiary/aromatic N) is 1. The number of rotatable bonds is 7. The molecule has 1 fully saturated rings. The van der Waals surface area contributed by atoms with Crippen LogP contribution in [0.5, 0.6) is 5.75 Å². The van der Waals surface area contributed by atoms with Crippen molar-refractivity contribution in [2.45, 2.75) is 62.9 Å². The number of piperidine rings is 1. The number of quaternary nitrogens is 1. The fraction of sp³-hybridized carbons (Fsp3) is 0.481. The van der Waals surface area contributed by atoms with Crippen molar-refractivity contribution in [3.05, 3.63) is 65.7 Å². The summed E-state index contributed by atoms with van der Waals surface area (Å²) in [5.41, 5.74) is 5.66. The number of hydrogen-bond donors (Lipinski definition) is 2. The van der Waals surface area contributed by atoms with Gasteiger partial charge < -0.3 is 20.7 Å². The van der Waals surface area contributed by atoms with E-state index in [-0.39, 0.29) is 17.2 Å². The molecule has 1 spiro atoms. The van der Waals surface area contributed by atoms with Gasteiger partial charge in [0.2, 0.25) is 5.91 Å². The molecular weight excluding hydrogens is 414 g/mol. The van der Waals surface area contributed by atoms with Crippen molar-refractivity contribution in [3.63, 3.8) is 0 Å². The van der Waals surface area contributed by atoms with E-state index in [1.54, 1.807) is 13.8 Å². The zero-order valence-corrected chi connectivity index (χ0v) is 19.8. The van der Waals surface area contributed by atoms with Crippen molar-refractivity contribution in [2.24, 2.45) is 0 Å². The molecule has 2 heterocycles. The quantitative estimate of drug-likeness (QED) is 0.680. The maximum absolute atomic E-state index is 13.5. The molecule has 0 aromatic heterocycles. The first-order valence-corrected chi connectivity index (χ1v) is 12.0. The standard InChI is InChI=1S/C27H35N3O3/c1-26(2,28)25(32)29-22(13-8-11-20-9-4-3-5-10-20)24(31)30-17-15-27(16-18-30)19-33-23-14-7-6-12-21(23)27/h3-7,9-10,12,14,22H,8,11,13,15-19,28H2,1-2H3,(H,29,32)/p+1/t22-/m1/s1. The molecule has 0 unspecified atom stereocenters. The number of carbonyl (C=O) groups is 2. The highest BCUT2D eigenvalue weighted by Gasteiger charge is 2.44. The van der Waals surface area contributed by atoms with Crippen molar-refractivity contribution in [1.29, 1.82) is 0 Å². The molecule has 0 radical (unpaired) electrons. The van der Waals surface area contributed by atoms with Crippen LogP contribution in [0.15, 0.2) is 54.6 Å². The summed E-state index contributed by atoms with van der Waals surface area (Å²) in [6.45, 7) is 5.58. The van der Waals surface area contributed by atoms with E-state index in [4.69, 9.17) is 4.74 Å². The van der Waals surface area contributed by atoms with Crippen LogP contribution in [0.2, 0.25) is 0 Å². The van der Waals surface area contributed by atoms with Crippen molar-refractivity contribution in [1.82, 2.24) is 10.2 Å². The molecule has 2 aromatic carbocycles. The number of hydrogen-bond acceptors (Lipinski definition) is 3. The van der Waals surface area contributed by atoms with Crippen LogP contribution in [0.3, 0.4) is 0 Å². The third-order valence-corrected chi connectivity index (χ3v) is 7.01. The van der Waals surface area contributed by atoms with E-state index >= 15 is 0 Å². The summed E-state index contributed by atoms with van der Waals surface area (Å²) >= 11 is 0. The van der Waals surface area contributed by atoms with Gasteiger partial charge in [-0.1, -0.05) is 48.5 Å². The topological polar surface area (TPSA) is 86.3 Å². The first-order valence-electron chi connectivity index (χ1n) is 12.0. The number of fused-ring (bicyclic) bond motifs is 2. The summed E-state index contributed by atoms with van der Waals surface area (Å²) in [5, 5.41) is 3.00. The summed E-state index contributed by atoms with van der Waals surface area (Å²) < 4.78 is 5.95. The SMILES string of the molecule is CC(C)([NH3+])C(=O)N[C@H](CCCc1ccccc1)C(=O)N1CCC2(CC1)COc1ccccc12. The van der Waals surface area contributed by atoms with Crippen molar-refractivity contribution in [2.75, 3.05) is 19.7 Å². The van der Waals surface area contributed by atoms with Gasteiger partial charge in [0.05, 0.1) is 6.61 Å². The minimum atomic E-state index is -0.783. The van der Waals surface area contributed by atoms with Crippen LogP contribution in [0.25, 0.3) is 0 Å². The molecule has 2 aromatic rings. The lowest BCUT2D eigenvalue weighted by atomic mass is 9.74. The van der Waals surface area contributed by atoms with E-state index in [0.29, 0.717) is 26.1 Å². The van der Waals surface area contributed by atoms with Crippen LogP contribution in [-0.4, -0.2) is 48.0 Å². The number of carbonyl (C=O) groups excluding carboxylic acids is 2. The number of nitrogens with one attached hydrogen (secondary N) is 1. The third kappa shape index (κ3) is 5.22. The van der Waals surface area contributed by atoms with Gasteiger partial charge in [0.25, 0.3) is 5.91 Å². The smallest absolute Gasteiger partial charge is 0.281 e. The molecule has 1 atom stereocenters. The second-order valence-electron chi connectivity index (χ2n) is 10.2. The minimum absolute atomic E-state index is 0.00520. The van der Waals surface area contributed by atoms with Gasteiger partial charge in [-0.15, -0.1) is 0 Å². The highest BCUT2D eigenvalue weighted by atomic mass is 16.5. The number of amides is 2. The summed E-state index contributed by atoms with van der Waals surface area (Å²) in [7, 11) is 0. The molecule has 6 heteroatoms. The van der Waals surface area contributed by atoms with Crippen molar-refractivity contribution in [3.8, 4) is 5.75 Å². The number of likely N-dealkylation sites (tertiary alicyclic amines) is 1. The van der Waals surface area contributed by atoms with E-state index in [2.05, 4.69) is 35.3 Å². The van der Waals surface area contributed by atoms with E-state index < -0.39 is 11.6 Å². The maximum atomic E-state index is 13.5. The Morgan fingerprint density at radius 1 is 1.09 bits per heavy atom. The summed E-state index contributed by atoms with van der Waals surface area (Å²) in [5.74, 6) is 0.802. The van der Waals surface area contributed by atoms with Crippen molar-refractivity contribution < 1.29 is 20.1 Å². The molecule has 2 aliphatic heterocycles. The van der Waals surface area contributed by atoms with Gasteiger partial charge in [0, 0.05) is 24.1 Å². The average molecular weight is 451 g/mol. The second kappa shape index (κ2) is 9.56. The fourth-order valence-electron chi connectivity index (χ4n) is 4.88. The number of benzene rings is 2. The van der Waals surface area contributed by atoms with Crippen LogP contribution in [0.1, 0.15) is 50.7 Å². The minimum Gasteiger partial charge on any atom is -0.492 e. The third-order valence-electron chi connectivity index (χ3n) is 7.01. The van der Waals surface area contributed by atoms with E-state index in [0.717, 1.165) is 31.4 Å². The largest absolute Gasteiger partial charge is 0.492 e. The highest BCUT2D eigenvalue weighted by molar-refractivity contribution is 5.90. The molecule has 4 N–H and O–H groups in total. The lowest BCUT2D eigenvalue weighted by Gasteiger charge is -2.40. The van der Waals surface area contributed by atoms with Crippen molar-refractivity contribution >= 4 is 11.8 Å². The molecule has 2 aliphatic rings. The van der Waals surface area contributed by atoms with Crippen LogP contribution in [-0.2, 0) is 21.4 Å². The molecule has 6 nitrogen and oxygen atoms in total. The molecular formula is C27H36N3O3+. The fourth-order valence-corrected chi connectivity index (χ4v) is 4.88. The Bertz CT molecular complexity index is 976. The summed E-state index contributed by atoms with van der Waals surface area (Å²) in [4.78, 5) is 28.1. The van der Waals surface area contributed by atoms with Gasteiger partial charge in [-0.2, -0.15) is 0 Å².